The topological polar surface area (TPSA) is 67.2 Å². The molecule has 1 N–H and O–H groups in total. The molecule has 0 bridgehead atoms. The van der Waals surface area contributed by atoms with E-state index >= 15 is 0 Å². The molecule has 5 rings (SSSR count). The van der Waals surface area contributed by atoms with Crippen LogP contribution in [0.1, 0.15) is 16.8 Å². The van der Waals surface area contributed by atoms with Crippen molar-refractivity contribution >= 4 is 23.5 Å². The first-order chi connectivity index (χ1) is 17.5. The number of urea groups is 1. The van der Waals surface area contributed by atoms with Crippen molar-refractivity contribution in [2.75, 3.05) is 11.9 Å². The number of carbonyl (C=O) groups excluding carboxylic acids is 1. The number of anilines is 1. The van der Waals surface area contributed by atoms with Crippen molar-refractivity contribution in [3.05, 3.63) is 118 Å². The predicted octanol–water partition coefficient (Wildman–Crippen LogP) is 5.39. The van der Waals surface area contributed by atoms with Crippen molar-refractivity contribution in [3.63, 3.8) is 0 Å². The summed E-state index contributed by atoms with van der Waals surface area (Å²) >= 11 is 1.49. The lowest BCUT2D eigenvalue weighted by molar-refractivity contribution is 0.205. The van der Waals surface area contributed by atoms with Crippen molar-refractivity contribution in [1.29, 1.82) is 0 Å². The maximum atomic E-state index is 13.7. The summed E-state index contributed by atoms with van der Waals surface area (Å²) in [5, 5.41) is 3.16. The number of carbonyl (C=O) groups is 1. The highest BCUT2D eigenvalue weighted by atomic mass is 32.2. The lowest BCUT2D eigenvalue weighted by Crippen LogP contribution is -2.43. The van der Waals surface area contributed by atoms with Gasteiger partial charge >= 0.3 is 6.03 Å². The zero-order valence-corrected chi connectivity index (χ0v) is 20.0. The zero-order valence-electron chi connectivity index (χ0n) is 19.2. The Hall–Kier alpha value is -3.98. The molecule has 2 heterocycles. The SMILES string of the molecule is O=C(Nc1ccc(F)c(F)c1)N1CCc2nc(SCc3ccccc3)n(-c3ccccc3)c(=O)c2C1. The van der Waals surface area contributed by atoms with Crippen LogP contribution < -0.4 is 10.9 Å². The Labute approximate surface area is 210 Å². The number of rotatable bonds is 5. The first-order valence-electron chi connectivity index (χ1n) is 11.4. The van der Waals surface area contributed by atoms with Gasteiger partial charge in [0.15, 0.2) is 16.8 Å². The van der Waals surface area contributed by atoms with E-state index in [0.29, 0.717) is 40.8 Å². The number of nitrogens with zero attached hydrogens (tertiary/aromatic N) is 3. The average molecular weight is 505 g/mol. The summed E-state index contributed by atoms with van der Waals surface area (Å²) in [4.78, 5) is 32.9. The number of aromatic nitrogens is 2. The number of para-hydroxylation sites is 1. The Morgan fingerprint density at radius 1 is 0.972 bits per heavy atom. The van der Waals surface area contributed by atoms with E-state index in [1.165, 1.54) is 22.7 Å². The van der Waals surface area contributed by atoms with Gasteiger partial charge in [0.25, 0.3) is 5.56 Å². The van der Waals surface area contributed by atoms with Crippen LogP contribution in [-0.2, 0) is 18.7 Å². The molecule has 0 saturated heterocycles. The van der Waals surface area contributed by atoms with Crippen LogP contribution in [0.3, 0.4) is 0 Å². The van der Waals surface area contributed by atoms with Crippen LogP contribution in [0.5, 0.6) is 0 Å². The van der Waals surface area contributed by atoms with Crippen molar-refractivity contribution in [2.45, 2.75) is 23.9 Å². The lowest BCUT2D eigenvalue weighted by Gasteiger charge is -2.29. The van der Waals surface area contributed by atoms with E-state index in [0.717, 1.165) is 17.7 Å². The maximum absolute atomic E-state index is 13.7. The first kappa shape index (κ1) is 23.7. The number of nitrogens with one attached hydrogen (secondary N) is 1. The van der Waals surface area contributed by atoms with Crippen molar-refractivity contribution in [1.82, 2.24) is 14.5 Å². The summed E-state index contributed by atoms with van der Waals surface area (Å²) < 4.78 is 28.3. The van der Waals surface area contributed by atoms with E-state index in [1.807, 2.05) is 60.7 Å². The van der Waals surface area contributed by atoms with Gasteiger partial charge in [0.2, 0.25) is 0 Å². The third kappa shape index (κ3) is 5.01. The Kier molecular flexibility index (Phi) is 6.81. The van der Waals surface area contributed by atoms with Crippen LogP contribution >= 0.6 is 11.8 Å². The van der Waals surface area contributed by atoms with Crippen LogP contribution in [0.15, 0.2) is 88.8 Å². The van der Waals surface area contributed by atoms with Crippen LogP contribution in [0.2, 0.25) is 0 Å². The van der Waals surface area contributed by atoms with E-state index in [-0.39, 0.29) is 17.8 Å². The number of hydrogen-bond donors (Lipinski definition) is 1. The molecule has 0 unspecified atom stereocenters. The van der Waals surface area contributed by atoms with Gasteiger partial charge < -0.3 is 10.2 Å². The largest absolute Gasteiger partial charge is 0.322 e. The second-order valence-electron chi connectivity index (χ2n) is 8.30. The number of halogens is 2. The van der Waals surface area contributed by atoms with Crippen LogP contribution in [0.25, 0.3) is 5.69 Å². The van der Waals surface area contributed by atoms with Crippen molar-refractivity contribution in [2.24, 2.45) is 0 Å². The minimum Gasteiger partial charge on any atom is -0.320 e. The zero-order chi connectivity index (χ0) is 25.1. The maximum Gasteiger partial charge on any atom is 0.322 e. The van der Waals surface area contributed by atoms with Crippen molar-refractivity contribution in [3.8, 4) is 5.69 Å². The molecule has 3 aromatic carbocycles. The summed E-state index contributed by atoms with van der Waals surface area (Å²) in [5.41, 5.74) is 2.82. The molecular formula is C27H22F2N4O2S. The third-order valence-corrected chi connectivity index (χ3v) is 6.89. The molecule has 0 spiro atoms. The summed E-state index contributed by atoms with van der Waals surface area (Å²) in [5.74, 6) is -1.39. The van der Waals surface area contributed by atoms with Crippen LogP contribution in [0, 0.1) is 11.6 Å². The molecule has 182 valence electrons. The van der Waals surface area contributed by atoms with Gasteiger partial charge in [0.05, 0.1) is 23.5 Å². The number of amides is 2. The highest BCUT2D eigenvalue weighted by Crippen LogP contribution is 2.26. The van der Waals surface area contributed by atoms with Gasteiger partial charge in [-0.2, -0.15) is 0 Å². The molecule has 2 amide bonds. The highest BCUT2D eigenvalue weighted by Gasteiger charge is 2.27. The molecule has 36 heavy (non-hydrogen) atoms. The monoisotopic (exact) mass is 504 g/mol. The summed E-state index contributed by atoms with van der Waals surface area (Å²) in [6, 6.07) is 21.9. The van der Waals surface area contributed by atoms with Gasteiger partial charge in [-0.25, -0.2) is 18.6 Å². The number of fused-ring (bicyclic) bond motifs is 1. The third-order valence-electron chi connectivity index (χ3n) is 5.88. The molecule has 0 aliphatic carbocycles. The Bertz CT molecular complexity index is 1460. The summed E-state index contributed by atoms with van der Waals surface area (Å²) in [6.07, 6.45) is 0.407. The Morgan fingerprint density at radius 3 is 2.42 bits per heavy atom. The Balaban J connectivity index is 1.44. The molecule has 6 nitrogen and oxygen atoms in total. The second-order valence-corrected chi connectivity index (χ2v) is 9.24. The lowest BCUT2D eigenvalue weighted by atomic mass is 10.1. The molecule has 1 aliphatic heterocycles. The molecule has 0 atom stereocenters. The summed E-state index contributed by atoms with van der Waals surface area (Å²) in [7, 11) is 0. The number of hydrogen-bond acceptors (Lipinski definition) is 4. The smallest absolute Gasteiger partial charge is 0.320 e. The van der Waals surface area contributed by atoms with Gasteiger partial charge in [0, 0.05) is 30.5 Å². The number of thioether (sulfide) groups is 1. The van der Waals surface area contributed by atoms with E-state index in [9.17, 15) is 18.4 Å². The highest BCUT2D eigenvalue weighted by molar-refractivity contribution is 7.98. The molecule has 9 heteroatoms. The fourth-order valence-electron chi connectivity index (χ4n) is 4.03. The standard InChI is InChI=1S/C27H22F2N4O2S/c28-22-12-11-19(15-23(22)29)30-26(35)32-14-13-24-21(16-32)25(34)33(20-9-5-2-6-10-20)27(31-24)36-17-18-7-3-1-4-8-18/h1-12,15H,13-14,16-17H2,(H,30,35). The van der Waals surface area contributed by atoms with Crippen LogP contribution in [-0.4, -0.2) is 27.0 Å². The van der Waals surface area contributed by atoms with E-state index in [2.05, 4.69) is 5.32 Å². The fourth-order valence-corrected chi connectivity index (χ4v) is 5.01. The number of benzene rings is 3. The molecule has 1 aromatic heterocycles. The minimum atomic E-state index is -1.05. The van der Waals surface area contributed by atoms with E-state index < -0.39 is 17.7 Å². The quantitative estimate of drug-likeness (QED) is 0.292. The van der Waals surface area contributed by atoms with Crippen LogP contribution in [0.4, 0.5) is 19.3 Å². The van der Waals surface area contributed by atoms with E-state index in [4.69, 9.17) is 4.98 Å². The predicted molar refractivity (Wildman–Crippen MR) is 135 cm³/mol. The van der Waals surface area contributed by atoms with Gasteiger partial charge in [-0.15, -0.1) is 0 Å². The fraction of sp³-hybridized carbons (Fsp3) is 0.148. The molecule has 4 aromatic rings. The minimum absolute atomic E-state index is 0.0626. The molecule has 0 fully saturated rings. The van der Waals surface area contributed by atoms with Crippen molar-refractivity contribution < 1.29 is 13.6 Å². The first-order valence-corrected chi connectivity index (χ1v) is 12.4. The van der Waals surface area contributed by atoms with Gasteiger partial charge in [-0.3, -0.25) is 9.36 Å². The Morgan fingerprint density at radius 2 is 1.69 bits per heavy atom. The summed E-state index contributed by atoms with van der Waals surface area (Å²) in [6.45, 7) is 0.403. The van der Waals surface area contributed by atoms with Gasteiger partial charge in [0.1, 0.15) is 0 Å². The molecule has 0 saturated carbocycles. The van der Waals surface area contributed by atoms with E-state index in [1.54, 1.807) is 4.57 Å². The van der Waals surface area contributed by atoms with Gasteiger partial charge in [-0.05, 0) is 29.8 Å². The average Bonchev–Trinajstić information content (AvgIpc) is 2.90. The normalized spacial score (nSPS) is 12.8. The molecule has 1 aliphatic rings. The molecule has 0 radical (unpaired) electrons. The second kappa shape index (κ2) is 10.3. The van der Waals surface area contributed by atoms with Gasteiger partial charge in [-0.1, -0.05) is 60.3 Å². The molecular weight excluding hydrogens is 482 g/mol.